The van der Waals surface area contributed by atoms with Gasteiger partial charge >= 0.3 is 17.9 Å². The van der Waals surface area contributed by atoms with Gasteiger partial charge in [-0.25, -0.2) is 0 Å². The number of amides is 1. The Kier molecular flexibility index (Phi) is 19.8. The Hall–Kier alpha value is -2.65. The third kappa shape index (κ3) is 14.5. The highest BCUT2D eigenvalue weighted by Crippen LogP contribution is 2.23. The van der Waals surface area contributed by atoms with E-state index in [1.54, 1.807) is 33.6 Å². The van der Waals surface area contributed by atoms with Gasteiger partial charge in [0.05, 0.1) is 31.7 Å². The number of likely N-dealkylation sites (tertiary alicyclic amines) is 1. The number of piperidine rings is 1. The molecule has 0 aromatic rings. The first-order valence-electron chi connectivity index (χ1n) is 15.0. The maximum absolute atomic E-state index is 13.2. The molecule has 2 heterocycles. The molecule has 2 saturated heterocycles. The lowest BCUT2D eigenvalue weighted by atomic mass is 9.84. The molecule has 2 fully saturated rings. The van der Waals surface area contributed by atoms with Crippen LogP contribution in [-0.4, -0.2) is 174 Å². The van der Waals surface area contributed by atoms with E-state index in [9.17, 15) is 39.3 Å². The van der Waals surface area contributed by atoms with E-state index in [4.69, 9.17) is 0 Å². The van der Waals surface area contributed by atoms with E-state index in [1.807, 2.05) is 32.6 Å². The topological polar surface area (TPSA) is 174 Å². The molecule has 42 heavy (non-hydrogen) atoms. The number of carboxylic acids is 3. The highest BCUT2D eigenvalue weighted by molar-refractivity contribution is 5.87. The van der Waals surface area contributed by atoms with Gasteiger partial charge in [-0.1, -0.05) is 27.7 Å². The van der Waals surface area contributed by atoms with Crippen molar-refractivity contribution in [2.24, 2.45) is 0 Å². The number of carbonyl (C=O) groups is 5. The molecule has 4 N–H and O–H groups in total. The molecule has 244 valence electrons. The van der Waals surface area contributed by atoms with Gasteiger partial charge in [0.25, 0.3) is 0 Å². The molecule has 0 atom stereocenters. The molecule has 0 saturated carbocycles. The molecule has 2 aliphatic rings. The number of Topliss-reactive ketones (excluding diaryl/α,β-unsaturated/α-hetero) is 1. The third-order valence-electron chi connectivity index (χ3n) is 7.49. The molecule has 0 unspecified atom stereocenters. The maximum Gasteiger partial charge on any atom is 0.317 e. The maximum atomic E-state index is 13.2. The monoisotopic (exact) mass is 602 g/mol. The van der Waals surface area contributed by atoms with Crippen LogP contribution in [0.3, 0.4) is 0 Å². The number of nitrogens with zero attached hydrogens (tertiary/aromatic N) is 5. The second-order valence-corrected chi connectivity index (χ2v) is 10.1. The van der Waals surface area contributed by atoms with Crippen molar-refractivity contribution >= 4 is 29.6 Å². The minimum absolute atomic E-state index is 0.0501. The lowest BCUT2D eigenvalue weighted by Gasteiger charge is -2.40. The van der Waals surface area contributed by atoms with Crippen LogP contribution in [0.4, 0.5) is 0 Å². The summed E-state index contributed by atoms with van der Waals surface area (Å²) >= 11 is 0. The Morgan fingerprint density at radius 2 is 0.857 bits per heavy atom. The van der Waals surface area contributed by atoms with Crippen molar-refractivity contribution in [1.29, 1.82) is 0 Å². The van der Waals surface area contributed by atoms with Gasteiger partial charge in [-0.05, 0) is 26.8 Å². The van der Waals surface area contributed by atoms with Crippen molar-refractivity contribution in [2.45, 2.75) is 53.0 Å². The molecule has 1 amide bonds. The summed E-state index contributed by atoms with van der Waals surface area (Å²) in [6.07, 6.45) is 1.05. The first-order valence-corrected chi connectivity index (χ1v) is 15.0. The Balaban J connectivity index is 0.00000402. The Morgan fingerprint density at radius 1 is 0.571 bits per heavy atom. The summed E-state index contributed by atoms with van der Waals surface area (Å²) in [5.74, 6) is -3.04. The fourth-order valence-electron chi connectivity index (χ4n) is 4.99. The van der Waals surface area contributed by atoms with E-state index in [0.29, 0.717) is 78.3 Å². The average Bonchev–Trinajstić information content (AvgIpc) is 2.95. The van der Waals surface area contributed by atoms with Crippen LogP contribution in [0.2, 0.25) is 0 Å². The highest BCUT2D eigenvalue weighted by Gasteiger charge is 2.38. The Labute approximate surface area is 250 Å². The fraction of sp³-hybridized carbons (Fsp3) is 0.821. The van der Waals surface area contributed by atoms with Gasteiger partial charge in [0.1, 0.15) is 5.78 Å². The number of ketones is 1. The minimum atomic E-state index is -1.01. The van der Waals surface area contributed by atoms with Crippen molar-refractivity contribution in [1.82, 2.24) is 29.8 Å². The van der Waals surface area contributed by atoms with Gasteiger partial charge in [-0.15, -0.1) is 0 Å². The Bertz CT molecular complexity index is 818. The second-order valence-electron chi connectivity index (χ2n) is 10.1. The number of nitrogens with one attached hydrogen (secondary N) is 1. The quantitative estimate of drug-likeness (QED) is 0.256. The van der Waals surface area contributed by atoms with Crippen LogP contribution in [0.5, 0.6) is 0 Å². The fourth-order valence-corrected chi connectivity index (χ4v) is 4.99. The number of carbonyl (C=O) groups excluding carboxylic acids is 2. The molecule has 14 nitrogen and oxygen atoms in total. The average molecular weight is 603 g/mol. The minimum Gasteiger partial charge on any atom is -0.480 e. The number of hydrogen-bond donors (Lipinski definition) is 4. The predicted molar refractivity (Wildman–Crippen MR) is 160 cm³/mol. The van der Waals surface area contributed by atoms with E-state index in [-0.39, 0.29) is 37.9 Å². The van der Waals surface area contributed by atoms with Gasteiger partial charge < -0.3 is 25.5 Å². The van der Waals surface area contributed by atoms with Crippen molar-refractivity contribution in [3.8, 4) is 0 Å². The number of rotatable bonds is 10. The first-order chi connectivity index (χ1) is 19.9. The van der Waals surface area contributed by atoms with Gasteiger partial charge in [-0.2, -0.15) is 0 Å². The summed E-state index contributed by atoms with van der Waals surface area (Å²) in [4.78, 5) is 68.2. The van der Waals surface area contributed by atoms with Crippen LogP contribution in [-0.2, 0) is 24.0 Å². The van der Waals surface area contributed by atoms with E-state index in [0.717, 1.165) is 0 Å². The van der Waals surface area contributed by atoms with Crippen molar-refractivity contribution in [2.75, 3.05) is 98.7 Å². The molecular formula is C28H54N6O8. The van der Waals surface area contributed by atoms with Crippen LogP contribution in [0.1, 0.15) is 47.5 Å². The van der Waals surface area contributed by atoms with Gasteiger partial charge in [0.15, 0.2) is 0 Å². The zero-order valence-electron chi connectivity index (χ0n) is 26.4. The summed E-state index contributed by atoms with van der Waals surface area (Å²) in [7, 11) is 1.75. The Morgan fingerprint density at radius 3 is 1.10 bits per heavy atom. The van der Waals surface area contributed by atoms with Gasteiger partial charge in [-0.3, -0.25) is 43.6 Å². The molecule has 0 spiro atoms. The zero-order chi connectivity index (χ0) is 32.3. The lowest BCUT2D eigenvalue weighted by Crippen LogP contribution is -2.58. The van der Waals surface area contributed by atoms with E-state index in [1.165, 1.54) is 0 Å². The van der Waals surface area contributed by atoms with Gasteiger partial charge in [0, 0.05) is 65.4 Å². The number of likely N-dealkylation sites (N-methyl/N-ethyl adjacent to an activating group) is 1. The molecule has 2 aliphatic heterocycles. The van der Waals surface area contributed by atoms with Crippen LogP contribution in [0.25, 0.3) is 0 Å². The van der Waals surface area contributed by atoms with Crippen molar-refractivity contribution < 1.29 is 39.3 Å². The smallest absolute Gasteiger partial charge is 0.317 e. The molecule has 2 rings (SSSR count). The van der Waals surface area contributed by atoms with Gasteiger partial charge in [0.2, 0.25) is 5.91 Å². The molecule has 14 heteroatoms. The lowest BCUT2D eigenvalue weighted by molar-refractivity contribution is -0.141. The standard InChI is InChI=1S/C24H42N6O8.2C2H6/c1-19(31)24(25-2)3-5-30(6-4-24)20(32)15-26-7-9-27(16-21(33)34)11-13-29(18-23(37)38)14-12-28(10-8-26)17-22(35)36;2*1-2/h25H,3-18H2,1-2H3,(H,33,34)(H,35,36)(H,37,38);2*1-2H3. The summed E-state index contributed by atoms with van der Waals surface area (Å²) in [5.41, 5.74) is -0.618. The summed E-state index contributed by atoms with van der Waals surface area (Å²) in [5, 5.41) is 31.1. The number of hydrogen-bond acceptors (Lipinski definition) is 10. The molecule has 0 aromatic heterocycles. The van der Waals surface area contributed by atoms with Crippen molar-refractivity contribution in [3.05, 3.63) is 0 Å². The number of carboxylic acid groups (broad SMARTS) is 3. The number of aliphatic carboxylic acids is 3. The predicted octanol–water partition coefficient (Wildman–Crippen LogP) is -0.316. The van der Waals surface area contributed by atoms with E-state index >= 15 is 0 Å². The molecule has 0 radical (unpaired) electrons. The first kappa shape index (κ1) is 39.4. The van der Waals surface area contributed by atoms with Crippen LogP contribution in [0, 0.1) is 0 Å². The SMILES string of the molecule is CC.CC.CNC1(C(C)=O)CCN(C(=O)CN2CCN(CC(=O)O)CCN(CC(=O)O)CCN(CC(=O)O)CC2)CC1. The zero-order valence-corrected chi connectivity index (χ0v) is 26.4. The van der Waals surface area contributed by atoms with Crippen LogP contribution in [0.15, 0.2) is 0 Å². The van der Waals surface area contributed by atoms with Crippen molar-refractivity contribution in [3.63, 3.8) is 0 Å². The molecule has 0 aliphatic carbocycles. The highest BCUT2D eigenvalue weighted by atomic mass is 16.4. The largest absolute Gasteiger partial charge is 0.480 e. The third-order valence-corrected chi connectivity index (χ3v) is 7.49. The molecule has 0 aromatic carbocycles. The van der Waals surface area contributed by atoms with E-state index < -0.39 is 23.4 Å². The van der Waals surface area contributed by atoms with Crippen LogP contribution < -0.4 is 5.32 Å². The molecular weight excluding hydrogens is 548 g/mol. The van der Waals surface area contributed by atoms with E-state index in [2.05, 4.69) is 5.32 Å². The summed E-state index contributed by atoms with van der Waals surface area (Å²) in [6, 6.07) is 0. The van der Waals surface area contributed by atoms with Crippen LogP contribution >= 0.6 is 0 Å². The second kappa shape index (κ2) is 21.1. The normalized spacial score (nSPS) is 19.5. The molecule has 0 bridgehead atoms. The summed E-state index contributed by atoms with van der Waals surface area (Å²) in [6.45, 7) is 12.7. The summed E-state index contributed by atoms with van der Waals surface area (Å²) < 4.78 is 0.